The molecule has 0 aliphatic heterocycles. The molecule has 1 fully saturated rings. The largest absolute Gasteiger partial charge is 0.481 e. The van der Waals surface area contributed by atoms with E-state index in [0.29, 0.717) is 12.5 Å². The van der Waals surface area contributed by atoms with Crippen molar-refractivity contribution in [3.63, 3.8) is 0 Å². The van der Waals surface area contributed by atoms with Crippen LogP contribution >= 0.6 is 0 Å². The standard InChI is InChI=1S/C14H26N2O3/c1-10-3-5-12(6-4-10)9-16-14(19)15-8-11(2)7-13(17)18/h10-12H,3-9H2,1-2H3,(H,17,18)(H2,15,16,19). The van der Waals surface area contributed by atoms with E-state index in [1.54, 1.807) is 0 Å². The molecule has 5 heteroatoms. The summed E-state index contributed by atoms with van der Waals surface area (Å²) in [5, 5.41) is 14.2. The van der Waals surface area contributed by atoms with Crippen molar-refractivity contribution in [3.05, 3.63) is 0 Å². The maximum absolute atomic E-state index is 11.6. The summed E-state index contributed by atoms with van der Waals surface area (Å²) >= 11 is 0. The van der Waals surface area contributed by atoms with Gasteiger partial charge in [-0.3, -0.25) is 4.79 Å². The van der Waals surface area contributed by atoms with Crippen LogP contribution in [0.4, 0.5) is 4.79 Å². The first kappa shape index (κ1) is 15.8. The average Bonchev–Trinajstić information content (AvgIpc) is 2.35. The van der Waals surface area contributed by atoms with Gasteiger partial charge in [0.15, 0.2) is 0 Å². The van der Waals surface area contributed by atoms with Gasteiger partial charge in [0.2, 0.25) is 0 Å². The molecule has 1 aliphatic rings. The predicted molar refractivity (Wildman–Crippen MR) is 73.9 cm³/mol. The molecule has 0 spiro atoms. The number of nitrogens with one attached hydrogen (secondary N) is 2. The predicted octanol–water partition coefficient (Wildman–Crippen LogP) is 2.22. The van der Waals surface area contributed by atoms with E-state index in [1.165, 1.54) is 25.7 Å². The normalized spacial score (nSPS) is 24.5. The van der Waals surface area contributed by atoms with Crippen LogP contribution in [0.15, 0.2) is 0 Å². The molecule has 0 bridgehead atoms. The van der Waals surface area contributed by atoms with Crippen LogP contribution in [-0.4, -0.2) is 30.2 Å². The monoisotopic (exact) mass is 270 g/mol. The Balaban J connectivity index is 2.09. The molecule has 19 heavy (non-hydrogen) atoms. The van der Waals surface area contributed by atoms with Crippen LogP contribution in [0.5, 0.6) is 0 Å². The van der Waals surface area contributed by atoms with Gasteiger partial charge in [-0.05, 0) is 30.6 Å². The van der Waals surface area contributed by atoms with Gasteiger partial charge in [0, 0.05) is 19.5 Å². The number of hydrogen-bond acceptors (Lipinski definition) is 2. The van der Waals surface area contributed by atoms with Crippen LogP contribution in [0.1, 0.15) is 46.0 Å². The Kier molecular flexibility index (Phi) is 6.67. The van der Waals surface area contributed by atoms with Crippen molar-refractivity contribution >= 4 is 12.0 Å². The quantitative estimate of drug-likeness (QED) is 0.692. The lowest BCUT2D eigenvalue weighted by molar-refractivity contribution is -0.137. The van der Waals surface area contributed by atoms with Gasteiger partial charge in [-0.15, -0.1) is 0 Å². The topological polar surface area (TPSA) is 78.4 Å². The number of carboxylic acids is 1. The molecule has 0 aromatic rings. The average molecular weight is 270 g/mol. The molecule has 0 aromatic heterocycles. The highest BCUT2D eigenvalue weighted by Crippen LogP contribution is 2.27. The van der Waals surface area contributed by atoms with Gasteiger partial charge in [0.25, 0.3) is 0 Å². The van der Waals surface area contributed by atoms with E-state index in [9.17, 15) is 9.59 Å². The molecule has 0 heterocycles. The lowest BCUT2D eigenvalue weighted by Gasteiger charge is -2.26. The number of aliphatic carboxylic acids is 1. The number of carboxylic acid groups (broad SMARTS) is 1. The number of amides is 2. The molecular formula is C14H26N2O3. The molecule has 0 saturated heterocycles. The zero-order valence-electron chi connectivity index (χ0n) is 11.9. The molecule has 110 valence electrons. The molecule has 0 aromatic carbocycles. The second kappa shape index (κ2) is 8.02. The molecule has 5 nitrogen and oxygen atoms in total. The minimum absolute atomic E-state index is 0.0428. The highest BCUT2D eigenvalue weighted by molar-refractivity contribution is 5.74. The van der Waals surface area contributed by atoms with Gasteiger partial charge < -0.3 is 15.7 Å². The molecule has 1 rings (SSSR count). The summed E-state index contributed by atoms with van der Waals surface area (Å²) < 4.78 is 0. The first-order chi connectivity index (χ1) is 8.97. The van der Waals surface area contributed by atoms with Gasteiger partial charge in [-0.1, -0.05) is 26.7 Å². The summed E-state index contributed by atoms with van der Waals surface area (Å²) in [4.78, 5) is 22.1. The minimum Gasteiger partial charge on any atom is -0.481 e. The van der Waals surface area contributed by atoms with Crippen LogP contribution < -0.4 is 10.6 Å². The number of hydrogen-bond donors (Lipinski definition) is 3. The van der Waals surface area contributed by atoms with Crippen molar-refractivity contribution in [1.82, 2.24) is 10.6 Å². The second-order valence-corrected chi connectivity index (χ2v) is 5.92. The van der Waals surface area contributed by atoms with Gasteiger partial charge in [-0.25, -0.2) is 4.79 Å². The Morgan fingerprint density at radius 1 is 1.21 bits per heavy atom. The first-order valence-electron chi connectivity index (χ1n) is 7.20. The van der Waals surface area contributed by atoms with Gasteiger partial charge >= 0.3 is 12.0 Å². The highest BCUT2D eigenvalue weighted by atomic mass is 16.4. The van der Waals surface area contributed by atoms with Crippen LogP contribution in [0.2, 0.25) is 0 Å². The van der Waals surface area contributed by atoms with Crippen molar-refractivity contribution in [2.75, 3.05) is 13.1 Å². The van der Waals surface area contributed by atoms with Crippen molar-refractivity contribution in [3.8, 4) is 0 Å². The maximum Gasteiger partial charge on any atom is 0.314 e. The number of rotatable bonds is 6. The van der Waals surface area contributed by atoms with Crippen molar-refractivity contribution < 1.29 is 14.7 Å². The molecule has 1 unspecified atom stereocenters. The third-order valence-corrected chi connectivity index (χ3v) is 3.82. The smallest absolute Gasteiger partial charge is 0.314 e. The molecule has 3 N–H and O–H groups in total. The van der Waals surface area contributed by atoms with Gasteiger partial charge in [0.05, 0.1) is 0 Å². The minimum atomic E-state index is -0.828. The fourth-order valence-corrected chi connectivity index (χ4v) is 2.47. The van der Waals surface area contributed by atoms with Crippen LogP contribution in [0.25, 0.3) is 0 Å². The fourth-order valence-electron chi connectivity index (χ4n) is 2.47. The van der Waals surface area contributed by atoms with E-state index in [1.807, 2.05) is 6.92 Å². The van der Waals surface area contributed by atoms with Crippen LogP contribution in [-0.2, 0) is 4.79 Å². The Bertz CT molecular complexity index is 299. The van der Waals surface area contributed by atoms with E-state index in [0.717, 1.165) is 12.5 Å². The zero-order chi connectivity index (χ0) is 14.3. The summed E-state index contributed by atoms with van der Waals surface area (Å²) in [6, 6.07) is -0.184. The van der Waals surface area contributed by atoms with Gasteiger partial charge in [0.1, 0.15) is 0 Å². The Hall–Kier alpha value is -1.26. The van der Waals surface area contributed by atoms with E-state index in [2.05, 4.69) is 17.6 Å². The molecule has 1 aliphatic carbocycles. The summed E-state index contributed by atoms with van der Waals surface area (Å²) in [7, 11) is 0. The molecular weight excluding hydrogens is 244 g/mol. The van der Waals surface area contributed by atoms with E-state index < -0.39 is 5.97 Å². The van der Waals surface area contributed by atoms with Crippen molar-refractivity contribution in [2.24, 2.45) is 17.8 Å². The molecule has 2 amide bonds. The second-order valence-electron chi connectivity index (χ2n) is 5.92. The van der Waals surface area contributed by atoms with E-state index in [-0.39, 0.29) is 18.4 Å². The SMILES string of the molecule is CC1CCC(CNC(=O)NCC(C)CC(=O)O)CC1. The summed E-state index contributed by atoms with van der Waals surface area (Å²) in [6.07, 6.45) is 4.97. The summed E-state index contributed by atoms with van der Waals surface area (Å²) in [5.41, 5.74) is 0. The van der Waals surface area contributed by atoms with E-state index in [4.69, 9.17) is 5.11 Å². The van der Waals surface area contributed by atoms with Gasteiger partial charge in [-0.2, -0.15) is 0 Å². The Morgan fingerprint density at radius 3 is 2.42 bits per heavy atom. The number of carbonyl (C=O) groups is 2. The lowest BCUT2D eigenvalue weighted by atomic mass is 9.83. The maximum atomic E-state index is 11.6. The number of urea groups is 1. The van der Waals surface area contributed by atoms with E-state index >= 15 is 0 Å². The third kappa shape index (κ3) is 7.03. The third-order valence-electron chi connectivity index (χ3n) is 3.82. The molecule has 1 atom stereocenters. The molecule has 0 radical (unpaired) electrons. The van der Waals surface area contributed by atoms with Crippen molar-refractivity contribution in [2.45, 2.75) is 46.0 Å². The number of carbonyl (C=O) groups excluding carboxylic acids is 1. The lowest BCUT2D eigenvalue weighted by Crippen LogP contribution is -2.40. The highest BCUT2D eigenvalue weighted by Gasteiger charge is 2.18. The summed E-state index contributed by atoms with van der Waals surface area (Å²) in [6.45, 7) is 5.23. The van der Waals surface area contributed by atoms with Crippen molar-refractivity contribution in [1.29, 1.82) is 0 Å². The Morgan fingerprint density at radius 2 is 1.84 bits per heavy atom. The zero-order valence-corrected chi connectivity index (χ0v) is 11.9. The molecule has 1 saturated carbocycles. The first-order valence-corrected chi connectivity index (χ1v) is 7.20. The van der Waals surface area contributed by atoms with Crippen LogP contribution in [0.3, 0.4) is 0 Å². The van der Waals surface area contributed by atoms with Crippen LogP contribution in [0, 0.1) is 17.8 Å². The Labute approximate surface area is 115 Å². The fraction of sp³-hybridized carbons (Fsp3) is 0.857. The summed E-state index contributed by atoms with van der Waals surface area (Å²) in [5.74, 6) is 0.546.